The lowest BCUT2D eigenvalue weighted by molar-refractivity contribution is -0.120. The number of aryl methyl sites for hydroxylation is 1. The smallest absolute Gasteiger partial charge is 0.262 e. The highest BCUT2D eigenvalue weighted by molar-refractivity contribution is 7.80. The van der Waals surface area contributed by atoms with Crippen molar-refractivity contribution in [3.8, 4) is 0 Å². The van der Waals surface area contributed by atoms with Crippen LogP contribution in [0, 0.1) is 6.92 Å². The van der Waals surface area contributed by atoms with Gasteiger partial charge in [-0.15, -0.1) is 0 Å². The summed E-state index contributed by atoms with van der Waals surface area (Å²) in [5.41, 5.74) is 2.14. The van der Waals surface area contributed by atoms with Gasteiger partial charge in [-0.3, -0.25) is 19.3 Å². The molecule has 0 saturated carbocycles. The second-order valence-corrected chi connectivity index (χ2v) is 6.55. The van der Waals surface area contributed by atoms with E-state index < -0.39 is 24.3 Å². The molecule has 6 nitrogen and oxygen atoms in total. The zero-order valence-corrected chi connectivity index (χ0v) is 15.3. The zero-order valence-electron chi connectivity index (χ0n) is 13.7. The number of thiocarbonyl (C=S) groups is 1. The topological polar surface area (TPSA) is 78.5 Å². The number of hydrogen-bond donors (Lipinski definition) is 2. The lowest BCUT2D eigenvalue weighted by Crippen LogP contribution is -2.43. The standard InChI is InChI=1S/C18H14ClN3O3S/c1-10-8-11(19)6-7-14(10)20-18(26)21-15(23)9-22-16(24)12-4-2-3-5-13(12)17(22)25/h2-8H,9H2,1H3,(H2,20,21,23,26). The minimum Gasteiger partial charge on any atom is -0.332 e. The number of carbonyl (C=O) groups is 3. The van der Waals surface area contributed by atoms with Crippen LogP contribution in [-0.4, -0.2) is 34.3 Å². The molecule has 0 aliphatic carbocycles. The monoisotopic (exact) mass is 387 g/mol. The molecule has 0 spiro atoms. The van der Waals surface area contributed by atoms with Gasteiger partial charge in [-0.1, -0.05) is 23.7 Å². The summed E-state index contributed by atoms with van der Waals surface area (Å²) in [6, 6.07) is 11.6. The van der Waals surface area contributed by atoms with Crippen LogP contribution in [-0.2, 0) is 4.79 Å². The van der Waals surface area contributed by atoms with E-state index in [2.05, 4.69) is 10.6 Å². The Bertz CT molecular complexity index is 910. The molecule has 3 amide bonds. The number of rotatable bonds is 3. The largest absolute Gasteiger partial charge is 0.332 e. The molecule has 1 aliphatic heterocycles. The normalized spacial score (nSPS) is 12.8. The van der Waals surface area contributed by atoms with Crippen LogP contribution in [0.15, 0.2) is 42.5 Å². The van der Waals surface area contributed by atoms with Gasteiger partial charge < -0.3 is 10.6 Å². The summed E-state index contributed by atoms with van der Waals surface area (Å²) in [4.78, 5) is 37.6. The van der Waals surface area contributed by atoms with Crippen molar-refractivity contribution in [1.82, 2.24) is 10.2 Å². The van der Waals surface area contributed by atoms with E-state index >= 15 is 0 Å². The first-order valence-corrected chi connectivity index (χ1v) is 8.47. The second kappa shape index (κ2) is 7.23. The van der Waals surface area contributed by atoms with Gasteiger partial charge in [-0.25, -0.2) is 0 Å². The highest BCUT2D eigenvalue weighted by Gasteiger charge is 2.36. The lowest BCUT2D eigenvalue weighted by atomic mass is 10.1. The van der Waals surface area contributed by atoms with E-state index in [9.17, 15) is 14.4 Å². The van der Waals surface area contributed by atoms with Gasteiger partial charge in [0.05, 0.1) is 11.1 Å². The van der Waals surface area contributed by atoms with Gasteiger partial charge in [0.2, 0.25) is 5.91 Å². The van der Waals surface area contributed by atoms with Crippen molar-refractivity contribution in [3.63, 3.8) is 0 Å². The molecule has 0 radical (unpaired) electrons. The number of fused-ring (bicyclic) bond motifs is 1. The Morgan fingerprint density at radius 3 is 2.31 bits per heavy atom. The highest BCUT2D eigenvalue weighted by atomic mass is 35.5. The van der Waals surface area contributed by atoms with Crippen molar-refractivity contribution < 1.29 is 14.4 Å². The van der Waals surface area contributed by atoms with Crippen LogP contribution >= 0.6 is 23.8 Å². The van der Waals surface area contributed by atoms with E-state index in [-0.39, 0.29) is 5.11 Å². The molecular weight excluding hydrogens is 374 g/mol. The van der Waals surface area contributed by atoms with E-state index in [1.165, 1.54) is 0 Å². The Labute approximate surface area is 160 Å². The minimum atomic E-state index is -0.566. The van der Waals surface area contributed by atoms with Gasteiger partial charge in [0.1, 0.15) is 6.54 Å². The maximum absolute atomic E-state index is 12.3. The maximum atomic E-state index is 12.3. The fourth-order valence-corrected chi connectivity index (χ4v) is 3.06. The van der Waals surface area contributed by atoms with Crippen LogP contribution < -0.4 is 10.6 Å². The van der Waals surface area contributed by atoms with Gasteiger partial charge in [-0.2, -0.15) is 0 Å². The molecule has 0 aromatic heterocycles. The Morgan fingerprint density at radius 2 is 1.73 bits per heavy atom. The fourth-order valence-electron chi connectivity index (χ4n) is 2.61. The third-order valence-electron chi connectivity index (χ3n) is 3.87. The van der Waals surface area contributed by atoms with Crippen LogP contribution in [0.3, 0.4) is 0 Å². The van der Waals surface area contributed by atoms with Gasteiger partial charge in [0.25, 0.3) is 11.8 Å². The quantitative estimate of drug-likeness (QED) is 0.625. The molecule has 8 heteroatoms. The van der Waals surface area contributed by atoms with E-state index in [0.717, 1.165) is 10.5 Å². The van der Waals surface area contributed by atoms with Gasteiger partial charge in [0.15, 0.2) is 5.11 Å². The Hall–Kier alpha value is -2.77. The van der Waals surface area contributed by atoms with Crippen molar-refractivity contribution >= 4 is 52.3 Å². The summed E-state index contributed by atoms with van der Waals surface area (Å²) in [6.45, 7) is 1.44. The molecule has 1 aliphatic rings. The molecule has 0 saturated heterocycles. The molecule has 2 aromatic rings. The van der Waals surface area contributed by atoms with E-state index in [4.69, 9.17) is 23.8 Å². The number of amides is 3. The van der Waals surface area contributed by atoms with Crippen molar-refractivity contribution in [1.29, 1.82) is 0 Å². The maximum Gasteiger partial charge on any atom is 0.262 e. The molecular formula is C18H14ClN3O3S. The highest BCUT2D eigenvalue weighted by Crippen LogP contribution is 2.22. The molecule has 2 N–H and O–H groups in total. The molecule has 1 heterocycles. The van der Waals surface area contributed by atoms with Gasteiger partial charge in [-0.05, 0) is 55.0 Å². The Balaban J connectivity index is 1.62. The number of carbonyl (C=O) groups excluding carboxylic acids is 3. The van der Waals surface area contributed by atoms with Gasteiger partial charge >= 0.3 is 0 Å². The summed E-state index contributed by atoms with van der Waals surface area (Å²) in [5, 5.41) is 6.01. The first-order chi connectivity index (χ1) is 12.4. The minimum absolute atomic E-state index is 0.0667. The molecule has 0 bridgehead atoms. The summed E-state index contributed by atoms with van der Waals surface area (Å²) in [5.74, 6) is -1.55. The number of halogens is 1. The number of nitrogens with one attached hydrogen (secondary N) is 2. The fraction of sp³-hybridized carbons (Fsp3) is 0.111. The molecule has 0 atom stereocenters. The molecule has 26 heavy (non-hydrogen) atoms. The van der Waals surface area contributed by atoms with Crippen LogP contribution in [0.5, 0.6) is 0 Å². The van der Waals surface area contributed by atoms with Crippen molar-refractivity contribution in [2.24, 2.45) is 0 Å². The number of hydrogen-bond acceptors (Lipinski definition) is 4. The predicted octanol–water partition coefficient (Wildman–Crippen LogP) is 2.76. The summed E-state index contributed by atoms with van der Waals surface area (Å²) < 4.78 is 0. The molecule has 0 fully saturated rings. The SMILES string of the molecule is Cc1cc(Cl)ccc1NC(=S)NC(=O)CN1C(=O)c2ccccc2C1=O. The number of benzene rings is 2. The predicted molar refractivity (Wildman–Crippen MR) is 102 cm³/mol. The van der Waals surface area contributed by atoms with E-state index in [1.807, 2.05) is 6.92 Å². The summed E-state index contributed by atoms with van der Waals surface area (Å²) in [6.07, 6.45) is 0. The second-order valence-electron chi connectivity index (χ2n) is 5.70. The Morgan fingerprint density at radius 1 is 1.12 bits per heavy atom. The third-order valence-corrected chi connectivity index (χ3v) is 4.31. The first kappa shape index (κ1) is 18.0. The van der Waals surface area contributed by atoms with Crippen molar-refractivity contribution in [2.45, 2.75) is 6.92 Å². The molecule has 132 valence electrons. The van der Waals surface area contributed by atoms with Crippen molar-refractivity contribution in [2.75, 3.05) is 11.9 Å². The van der Waals surface area contributed by atoms with Crippen LogP contribution in [0.4, 0.5) is 5.69 Å². The van der Waals surface area contributed by atoms with Crippen LogP contribution in [0.25, 0.3) is 0 Å². The zero-order chi connectivity index (χ0) is 18.8. The van der Waals surface area contributed by atoms with E-state index in [0.29, 0.717) is 21.8 Å². The number of nitrogens with zero attached hydrogens (tertiary/aromatic N) is 1. The first-order valence-electron chi connectivity index (χ1n) is 7.69. The molecule has 3 rings (SSSR count). The average Bonchev–Trinajstić information content (AvgIpc) is 2.83. The number of anilines is 1. The molecule has 2 aromatic carbocycles. The van der Waals surface area contributed by atoms with Crippen molar-refractivity contribution in [3.05, 3.63) is 64.2 Å². The van der Waals surface area contributed by atoms with Crippen LogP contribution in [0.1, 0.15) is 26.3 Å². The lowest BCUT2D eigenvalue weighted by Gasteiger charge is -2.15. The third kappa shape index (κ3) is 3.58. The summed E-state index contributed by atoms with van der Waals surface area (Å²) >= 11 is 11.0. The number of imide groups is 1. The summed E-state index contributed by atoms with van der Waals surface area (Å²) in [7, 11) is 0. The average molecular weight is 388 g/mol. The van der Waals surface area contributed by atoms with Crippen LogP contribution in [0.2, 0.25) is 5.02 Å². The van der Waals surface area contributed by atoms with E-state index in [1.54, 1.807) is 42.5 Å². The van der Waals surface area contributed by atoms with Gasteiger partial charge in [0, 0.05) is 10.7 Å². The molecule has 0 unspecified atom stereocenters. The Kier molecular flexibility index (Phi) is 5.01.